The third kappa shape index (κ3) is 4.27. The van der Waals surface area contributed by atoms with Gasteiger partial charge in [0.05, 0.1) is 13.7 Å². The third-order valence-electron chi connectivity index (χ3n) is 5.89. The van der Waals surface area contributed by atoms with Gasteiger partial charge < -0.3 is 14.5 Å². The van der Waals surface area contributed by atoms with Gasteiger partial charge in [0.15, 0.2) is 0 Å². The molecular formula is C23H27N3O3. The van der Waals surface area contributed by atoms with Crippen molar-refractivity contribution in [2.45, 2.75) is 19.0 Å². The smallest absolute Gasteiger partial charge is 0.328 e. The minimum atomic E-state index is -0.548. The maximum Gasteiger partial charge on any atom is 0.328 e. The molecule has 6 nitrogen and oxygen atoms in total. The zero-order chi connectivity index (χ0) is 20.2. The molecule has 1 unspecified atom stereocenters. The fourth-order valence-corrected chi connectivity index (χ4v) is 4.22. The molecule has 2 aromatic rings. The fourth-order valence-electron chi connectivity index (χ4n) is 4.22. The van der Waals surface area contributed by atoms with E-state index in [2.05, 4.69) is 21.9 Å². The van der Waals surface area contributed by atoms with Crippen molar-refractivity contribution < 1.29 is 14.3 Å². The lowest BCUT2D eigenvalue weighted by atomic mass is 9.94. The van der Waals surface area contributed by atoms with Crippen molar-refractivity contribution >= 4 is 17.6 Å². The molecule has 1 amide bonds. The number of carbonyl (C=O) groups excluding carboxylic acids is 2. The Morgan fingerprint density at radius 3 is 2.28 bits per heavy atom. The molecule has 1 saturated heterocycles. The van der Waals surface area contributed by atoms with E-state index in [0.717, 1.165) is 37.3 Å². The van der Waals surface area contributed by atoms with Crippen LogP contribution in [0, 0.1) is 0 Å². The fraction of sp³-hybridized carbons (Fsp3) is 0.391. The van der Waals surface area contributed by atoms with Crippen LogP contribution in [-0.2, 0) is 27.3 Å². The van der Waals surface area contributed by atoms with Gasteiger partial charge in [0.25, 0.3) is 0 Å². The number of ether oxygens (including phenoxy) is 1. The van der Waals surface area contributed by atoms with Crippen LogP contribution in [0.25, 0.3) is 0 Å². The quantitative estimate of drug-likeness (QED) is 0.743. The Labute approximate surface area is 171 Å². The van der Waals surface area contributed by atoms with E-state index in [1.54, 1.807) is 4.90 Å². The summed E-state index contributed by atoms with van der Waals surface area (Å²) in [4.78, 5) is 31.7. The number of rotatable bonds is 4. The van der Waals surface area contributed by atoms with Gasteiger partial charge in [0, 0.05) is 44.8 Å². The van der Waals surface area contributed by atoms with Crippen molar-refractivity contribution in [3.8, 4) is 0 Å². The van der Waals surface area contributed by atoms with Crippen LogP contribution in [0.15, 0.2) is 54.6 Å². The Kier molecular flexibility index (Phi) is 5.81. The van der Waals surface area contributed by atoms with Gasteiger partial charge in [-0.15, -0.1) is 0 Å². The molecule has 0 radical (unpaired) electrons. The van der Waals surface area contributed by atoms with Crippen molar-refractivity contribution in [1.82, 2.24) is 9.80 Å². The number of methoxy groups -OCH3 is 1. The molecule has 0 N–H and O–H groups in total. The first-order valence-corrected chi connectivity index (χ1v) is 10.1. The molecule has 2 heterocycles. The first-order chi connectivity index (χ1) is 14.2. The highest BCUT2D eigenvalue weighted by molar-refractivity contribution is 5.86. The van der Waals surface area contributed by atoms with Crippen LogP contribution in [0.3, 0.4) is 0 Å². The molecule has 29 heavy (non-hydrogen) atoms. The number of benzene rings is 2. The van der Waals surface area contributed by atoms with Crippen molar-refractivity contribution in [3.63, 3.8) is 0 Å². The predicted octanol–water partition coefficient (Wildman–Crippen LogP) is 1.94. The Hall–Kier alpha value is -2.86. The second kappa shape index (κ2) is 8.66. The van der Waals surface area contributed by atoms with Crippen LogP contribution in [0.1, 0.15) is 11.1 Å². The Morgan fingerprint density at radius 1 is 0.931 bits per heavy atom. The molecule has 2 aliphatic heterocycles. The summed E-state index contributed by atoms with van der Waals surface area (Å²) in [5.41, 5.74) is 3.44. The van der Waals surface area contributed by atoms with Gasteiger partial charge in [-0.1, -0.05) is 42.5 Å². The van der Waals surface area contributed by atoms with Crippen LogP contribution < -0.4 is 4.90 Å². The highest BCUT2D eigenvalue weighted by Gasteiger charge is 2.36. The molecule has 4 rings (SSSR count). The average molecular weight is 393 g/mol. The number of fused-ring (bicyclic) bond motifs is 1. The van der Waals surface area contributed by atoms with Gasteiger partial charge in [-0.25, -0.2) is 4.79 Å². The largest absolute Gasteiger partial charge is 0.467 e. The summed E-state index contributed by atoms with van der Waals surface area (Å²) in [7, 11) is 1.38. The van der Waals surface area contributed by atoms with Crippen LogP contribution in [0.5, 0.6) is 0 Å². The average Bonchev–Trinajstić information content (AvgIpc) is 2.78. The van der Waals surface area contributed by atoms with Gasteiger partial charge in [0.1, 0.15) is 6.04 Å². The molecule has 0 aromatic heterocycles. The molecule has 1 atom stereocenters. The molecule has 0 bridgehead atoms. The minimum Gasteiger partial charge on any atom is -0.467 e. The number of hydrogen-bond acceptors (Lipinski definition) is 5. The molecule has 0 saturated carbocycles. The second-order valence-corrected chi connectivity index (χ2v) is 7.63. The Balaban J connectivity index is 1.40. The van der Waals surface area contributed by atoms with E-state index in [0.29, 0.717) is 19.5 Å². The van der Waals surface area contributed by atoms with E-state index in [-0.39, 0.29) is 11.9 Å². The van der Waals surface area contributed by atoms with E-state index in [4.69, 9.17) is 4.74 Å². The Bertz CT molecular complexity index is 863. The molecule has 0 spiro atoms. The van der Waals surface area contributed by atoms with E-state index >= 15 is 0 Å². The van der Waals surface area contributed by atoms with Crippen LogP contribution in [0.2, 0.25) is 0 Å². The second-order valence-electron chi connectivity index (χ2n) is 7.63. The molecule has 2 aliphatic rings. The zero-order valence-electron chi connectivity index (χ0n) is 16.8. The van der Waals surface area contributed by atoms with Crippen molar-refractivity contribution in [2.75, 3.05) is 44.7 Å². The maximum absolute atomic E-state index is 13.1. The lowest BCUT2D eigenvalue weighted by Gasteiger charge is -2.39. The van der Waals surface area contributed by atoms with E-state index in [1.807, 2.05) is 42.5 Å². The molecule has 152 valence electrons. The predicted molar refractivity (Wildman–Crippen MR) is 112 cm³/mol. The van der Waals surface area contributed by atoms with Gasteiger partial charge in [-0.2, -0.15) is 0 Å². The number of esters is 1. The highest BCUT2D eigenvalue weighted by Crippen LogP contribution is 2.24. The number of hydrogen-bond donors (Lipinski definition) is 0. The van der Waals surface area contributed by atoms with Gasteiger partial charge in [0.2, 0.25) is 5.91 Å². The summed E-state index contributed by atoms with van der Waals surface area (Å²) >= 11 is 0. The van der Waals surface area contributed by atoms with Crippen LogP contribution in [-0.4, -0.2) is 67.6 Å². The monoisotopic (exact) mass is 393 g/mol. The summed E-state index contributed by atoms with van der Waals surface area (Å²) < 4.78 is 4.99. The summed E-state index contributed by atoms with van der Waals surface area (Å²) in [5.74, 6) is -0.357. The summed E-state index contributed by atoms with van der Waals surface area (Å²) in [6, 6.07) is 17.8. The van der Waals surface area contributed by atoms with Gasteiger partial charge >= 0.3 is 5.97 Å². The van der Waals surface area contributed by atoms with Crippen LogP contribution >= 0.6 is 0 Å². The molecule has 0 aliphatic carbocycles. The minimum absolute atomic E-state index is 0.0111. The first-order valence-electron chi connectivity index (χ1n) is 10.1. The number of piperazine rings is 1. The lowest BCUT2D eigenvalue weighted by molar-refractivity contribution is -0.154. The van der Waals surface area contributed by atoms with Crippen molar-refractivity contribution in [2.24, 2.45) is 0 Å². The number of nitrogens with zero attached hydrogens (tertiary/aromatic N) is 3. The maximum atomic E-state index is 13.1. The van der Waals surface area contributed by atoms with Crippen molar-refractivity contribution in [3.05, 3.63) is 65.7 Å². The molecular weight excluding hydrogens is 366 g/mol. The number of para-hydroxylation sites is 1. The Morgan fingerprint density at radius 2 is 1.59 bits per heavy atom. The summed E-state index contributed by atoms with van der Waals surface area (Å²) in [5, 5.41) is 0. The van der Waals surface area contributed by atoms with Crippen LogP contribution in [0.4, 0.5) is 5.69 Å². The number of anilines is 1. The van der Waals surface area contributed by atoms with E-state index in [1.165, 1.54) is 12.8 Å². The lowest BCUT2D eigenvalue weighted by Crippen LogP contribution is -2.54. The van der Waals surface area contributed by atoms with Crippen molar-refractivity contribution in [1.29, 1.82) is 0 Å². The van der Waals surface area contributed by atoms with E-state index in [9.17, 15) is 9.59 Å². The first kappa shape index (κ1) is 19.5. The SMILES string of the molecule is COC(=O)C1Cc2ccccc2CN1C(=O)CN1CCN(c2ccccc2)CC1. The van der Waals surface area contributed by atoms with Gasteiger partial charge in [-0.3, -0.25) is 9.69 Å². The topological polar surface area (TPSA) is 53.1 Å². The molecule has 6 heteroatoms. The summed E-state index contributed by atoms with van der Waals surface area (Å²) in [6.07, 6.45) is 0.510. The molecule has 1 fully saturated rings. The zero-order valence-corrected chi connectivity index (χ0v) is 16.8. The number of carbonyl (C=O) groups is 2. The van der Waals surface area contributed by atoms with E-state index < -0.39 is 6.04 Å². The standard InChI is InChI=1S/C23H27N3O3/c1-29-23(28)21-15-18-7-5-6-8-19(18)16-26(21)22(27)17-24-11-13-25(14-12-24)20-9-3-2-4-10-20/h2-10,21H,11-17H2,1H3. The van der Waals surface area contributed by atoms with Gasteiger partial charge in [-0.05, 0) is 23.3 Å². The highest BCUT2D eigenvalue weighted by atomic mass is 16.5. The number of amides is 1. The summed E-state index contributed by atoms with van der Waals surface area (Å²) in [6.45, 7) is 4.22. The molecule has 2 aromatic carbocycles. The normalized spacial score (nSPS) is 19.6. The third-order valence-corrected chi connectivity index (χ3v) is 5.89.